The van der Waals surface area contributed by atoms with Gasteiger partial charge in [0.05, 0.1) is 19.3 Å². The molecule has 1 atom stereocenters. The van der Waals surface area contributed by atoms with Gasteiger partial charge in [-0.1, -0.05) is 29.8 Å². The zero-order valence-electron chi connectivity index (χ0n) is 18.7. The first kappa shape index (κ1) is 22.4. The Bertz CT molecular complexity index is 1310. The number of carbonyl (C=O) groups excluding carboxylic acids is 2. The van der Waals surface area contributed by atoms with E-state index in [9.17, 15) is 18.4 Å². The van der Waals surface area contributed by atoms with Gasteiger partial charge < -0.3 is 14.5 Å². The SMILES string of the molecule is COc1cccc(C(=O)N2CCSC23C(=O)N(Cc2ccc(F)cc2F)c2ccc(C)cc23)c1. The lowest BCUT2D eigenvalue weighted by atomic mass is 10.0. The third-order valence-electron chi connectivity index (χ3n) is 6.25. The topological polar surface area (TPSA) is 49.9 Å². The Hall–Kier alpha value is -3.39. The molecule has 2 heterocycles. The van der Waals surface area contributed by atoms with Gasteiger partial charge in [-0.3, -0.25) is 9.59 Å². The highest BCUT2D eigenvalue weighted by Gasteiger charge is 2.59. The number of nitrogens with zero attached hydrogens (tertiary/aromatic N) is 2. The quantitative estimate of drug-likeness (QED) is 0.535. The Kier molecular flexibility index (Phi) is 5.56. The van der Waals surface area contributed by atoms with Crippen molar-refractivity contribution in [3.8, 4) is 5.75 Å². The van der Waals surface area contributed by atoms with Crippen molar-refractivity contribution in [2.75, 3.05) is 24.3 Å². The van der Waals surface area contributed by atoms with Crippen molar-refractivity contribution < 1.29 is 23.1 Å². The molecular formula is C26H22F2N2O3S. The molecule has 0 saturated carbocycles. The highest BCUT2D eigenvalue weighted by Crippen LogP contribution is 2.55. The number of hydrogen-bond donors (Lipinski definition) is 0. The molecule has 1 spiro atoms. The van der Waals surface area contributed by atoms with E-state index in [2.05, 4.69) is 0 Å². The fourth-order valence-electron chi connectivity index (χ4n) is 4.62. The van der Waals surface area contributed by atoms with Gasteiger partial charge in [0.1, 0.15) is 17.4 Å². The van der Waals surface area contributed by atoms with Gasteiger partial charge in [0, 0.05) is 35.1 Å². The molecule has 34 heavy (non-hydrogen) atoms. The summed E-state index contributed by atoms with van der Waals surface area (Å²) in [5, 5.41) is 0. The van der Waals surface area contributed by atoms with Crippen LogP contribution in [0.4, 0.5) is 14.5 Å². The molecule has 3 aromatic carbocycles. The van der Waals surface area contributed by atoms with E-state index in [0.29, 0.717) is 34.9 Å². The summed E-state index contributed by atoms with van der Waals surface area (Å²) >= 11 is 1.40. The Morgan fingerprint density at radius 1 is 1.12 bits per heavy atom. The van der Waals surface area contributed by atoms with Crippen molar-refractivity contribution in [1.82, 2.24) is 4.90 Å². The van der Waals surface area contributed by atoms with E-state index in [1.54, 1.807) is 29.2 Å². The van der Waals surface area contributed by atoms with Gasteiger partial charge in [-0.15, -0.1) is 11.8 Å². The number of anilines is 1. The minimum Gasteiger partial charge on any atom is -0.497 e. The molecule has 0 N–H and O–H groups in total. The molecule has 8 heteroatoms. The van der Waals surface area contributed by atoms with Crippen molar-refractivity contribution in [1.29, 1.82) is 0 Å². The largest absolute Gasteiger partial charge is 0.497 e. The number of methoxy groups -OCH3 is 1. The van der Waals surface area contributed by atoms with Crippen LogP contribution in [0, 0.1) is 18.6 Å². The van der Waals surface area contributed by atoms with Gasteiger partial charge in [0.15, 0.2) is 4.87 Å². The summed E-state index contributed by atoms with van der Waals surface area (Å²) in [7, 11) is 1.53. The van der Waals surface area contributed by atoms with E-state index in [1.165, 1.54) is 35.9 Å². The van der Waals surface area contributed by atoms with Crippen LogP contribution in [0.1, 0.15) is 27.0 Å². The van der Waals surface area contributed by atoms with Gasteiger partial charge in [0.2, 0.25) is 0 Å². The number of benzene rings is 3. The first-order chi connectivity index (χ1) is 16.3. The lowest BCUT2D eigenvalue weighted by molar-refractivity contribution is -0.123. The summed E-state index contributed by atoms with van der Waals surface area (Å²) < 4.78 is 33.2. The van der Waals surface area contributed by atoms with Crippen molar-refractivity contribution >= 4 is 29.3 Å². The van der Waals surface area contributed by atoms with E-state index in [0.717, 1.165) is 11.6 Å². The van der Waals surface area contributed by atoms with E-state index in [4.69, 9.17) is 4.74 Å². The molecule has 5 rings (SSSR count). The second kappa shape index (κ2) is 8.43. The summed E-state index contributed by atoms with van der Waals surface area (Å²) in [6.07, 6.45) is 0. The van der Waals surface area contributed by atoms with Crippen LogP contribution in [-0.4, -0.2) is 36.1 Å². The number of rotatable bonds is 4. The molecule has 1 unspecified atom stereocenters. The second-order valence-electron chi connectivity index (χ2n) is 8.33. The Labute approximate surface area is 200 Å². The molecule has 2 aliphatic rings. The minimum atomic E-state index is -1.25. The third-order valence-corrected chi connectivity index (χ3v) is 7.67. The molecule has 1 fully saturated rings. The normalized spacial score (nSPS) is 19.1. The van der Waals surface area contributed by atoms with Crippen LogP contribution in [0.3, 0.4) is 0 Å². The molecular weight excluding hydrogens is 458 g/mol. The van der Waals surface area contributed by atoms with Crippen LogP contribution in [0.5, 0.6) is 5.75 Å². The van der Waals surface area contributed by atoms with Crippen LogP contribution >= 0.6 is 11.8 Å². The summed E-state index contributed by atoms with van der Waals surface area (Å²) in [5.41, 5.74) is 2.90. The number of aryl methyl sites for hydroxylation is 1. The molecule has 0 bridgehead atoms. The smallest absolute Gasteiger partial charge is 0.268 e. The Morgan fingerprint density at radius 3 is 2.71 bits per heavy atom. The maximum Gasteiger partial charge on any atom is 0.268 e. The Morgan fingerprint density at radius 2 is 1.94 bits per heavy atom. The van der Waals surface area contributed by atoms with E-state index >= 15 is 0 Å². The number of amides is 2. The number of thioether (sulfide) groups is 1. The summed E-state index contributed by atoms with van der Waals surface area (Å²) in [4.78, 5) is 29.5. The van der Waals surface area contributed by atoms with Crippen LogP contribution in [0.25, 0.3) is 0 Å². The minimum absolute atomic E-state index is 0.0650. The predicted molar refractivity (Wildman–Crippen MR) is 127 cm³/mol. The zero-order valence-corrected chi connectivity index (χ0v) is 19.5. The van der Waals surface area contributed by atoms with Gasteiger partial charge in [-0.05, 0) is 37.3 Å². The fourth-order valence-corrected chi connectivity index (χ4v) is 6.07. The number of hydrogen-bond acceptors (Lipinski definition) is 4. The maximum atomic E-state index is 14.5. The molecule has 174 valence electrons. The van der Waals surface area contributed by atoms with Gasteiger partial charge in [0.25, 0.3) is 11.8 Å². The van der Waals surface area contributed by atoms with Crippen molar-refractivity contribution in [3.63, 3.8) is 0 Å². The van der Waals surface area contributed by atoms with Crippen LogP contribution in [0.15, 0.2) is 60.7 Å². The summed E-state index contributed by atoms with van der Waals surface area (Å²) in [6, 6.07) is 15.8. The second-order valence-corrected chi connectivity index (χ2v) is 9.62. The first-order valence-corrected chi connectivity index (χ1v) is 11.8. The number of ether oxygens (including phenoxy) is 1. The van der Waals surface area contributed by atoms with Crippen LogP contribution < -0.4 is 9.64 Å². The number of carbonyl (C=O) groups is 2. The molecule has 0 radical (unpaired) electrons. The molecule has 2 aliphatic heterocycles. The lowest BCUT2D eigenvalue weighted by Gasteiger charge is -2.33. The lowest BCUT2D eigenvalue weighted by Crippen LogP contribution is -2.50. The maximum absolute atomic E-state index is 14.5. The standard InChI is InChI=1S/C26H22F2N2O3S/c1-16-6-9-23-21(12-16)26(25(32)29(23)15-18-7-8-19(27)14-22(18)28)30(10-11-34-26)24(31)17-4-3-5-20(13-17)33-2/h3-9,12-14H,10-11,15H2,1-2H3. The average Bonchev–Trinajstić information content (AvgIpc) is 3.37. The predicted octanol–water partition coefficient (Wildman–Crippen LogP) is 4.87. The van der Waals surface area contributed by atoms with Crippen LogP contribution in [-0.2, 0) is 16.2 Å². The van der Waals surface area contributed by atoms with Crippen LogP contribution in [0.2, 0.25) is 0 Å². The monoisotopic (exact) mass is 480 g/mol. The van der Waals surface area contributed by atoms with Crippen molar-refractivity contribution in [3.05, 3.63) is 94.6 Å². The zero-order chi connectivity index (χ0) is 24.0. The summed E-state index contributed by atoms with van der Waals surface area (Å²) in [5.74, 6) is -0.855. The van der Waals surface area contributed by atoms with Crippen molar-refractivity contribution in [2.45, 2.75) is 18.3 Å². The summed E-state index contributed by atoms with van der Waals surface area (Å²) in [6.45, 7) is 2.25. The number of halogens is 2. The van der Waals surface area contributed by atoms with E-state index in [1.807, 2.05) is 25.1 Å². The van der Waals surface area contributed by atoms with E-state index in [-0.39, 0.29) is 23.9 Å². The van der Waals surface area contributed by atoms with E-state index < -0.39 is 16.5 Å². The van der Waals surface area contributed by atoms with Crippen molar-refractivity contribution in [2.24, 2.45) is 0 Å². The highest BCUT2D eigenvalue weighted by atomic mass is 32.2. The third kappa shape index (κ3) is 3.44. The molecule has 3 aromatic rings. The molecule has 1 saturated heterocycles. The highest BCUT2D eigenvalue weighted by molar-refractivity contribution is 8.01. The number of fused-ring (bicyclic) bond motifs is 2. The molecule has 0 aromatic heterocycles. The average molecular weight is 481 g/mol. The van der Waals surface area contributed by atoms with Gasteiger partial charge >= 0.3 is 0 Å². The first-order valence-electron chi connectivity index (χ1n) is 10.8. The van der Waals surface area contributed by atoms with Gasteiger partial charge in [-0.2, -0.15) is 0 Å². The molecule has 2 amide bonds. The fraction of sp³-hybridized carbons (Fsp3) is 0.231. The Balaban J connectivity index is 1.59. The molecule has 5 nitrogen and oxygen atoms in total. The van der Waals surface area contributed by atoms with Gasteiger partial charge in [-0.25, -0.2) is 8.78 Å². The molecule has 0 aliphatic carbocycles.